The van der Waals surface area contributed by atoms with Crippen molar-refractivity contribution >= 4 is 0 Å². The molecule has 0 amide bonds. The predicted molar refractivity (Wildman–Crippen MR) is 131 cm³/mol. The van der Waals surface area contributed by atoms with Crippen LogP contribution in [0.25, 0.3) is 0 Å². The first kappa shape index (κ1) is 27.5. The SMILES string of the molecule is C=C1/C(=C\C=C2/CCC[C@@]3(C)C2CCC3[C@@H](C)COCCC(F)(F)C(C)(C)O)C[C@@H](O)C[C@@H]1O. The van der Waals surface area contributed by atoms with Gasteiger partial charge in [-0.1, -0.05) is 38.2 Å². The summed E-state index contributed by atoms with van der Waals surface area (Å²) in [6, 6.07) is 0. The van der Waals surface area contributed by atoms with Crippen LogP contribution in [0.3, 0.4) is 0 Å². The van der Waals surface area contributed by atoms with Gasteiger partial charge >= 0.3 is 0 Å². The minimum atomic E-state index is -3.17. The van der Waals surface area contributed by atoms with Crippen molar-refractivity contribution < 1.29 is 28.8 Å². The van der Waals surface area contributed by atoms with Crippen LogP contribution in [0.15, 0.2) is 35.5 Å². The lowest BCUT2D eigenvalue weighted by atomic mass is 9.61. The van der Waals surface area contributed by atoms with Crippen molar-refractivity contribution in [2.45, 2.75) is 103 Å². The third kappa shape index (κ3) is 5.83. The molecule has 0 aromatic carbocycles. The van der Waals surface area contributed by atoms with Gasteiger partial charge in [0.25, 0.3) is 5.92 Å². The van der Waals surface area contributed by atoms with Crippen molar-refractivity contribution in [3.05, 3.63) is 35.5 Å². The first-order valence-corrected chi connectivity index (χ1v) is 12.9. The number of aliphatic hydroxyl groups is 3. The lowest BCUT2D eigenvalue weighted by Gasteiger charge is -2.44. The molecule has 0 bridgehead atoms. The van der Waals surface area contributed by atoms with Crippen molar-refractivity contribution in [1.82, 2.24) is 0 Å². The summed E-state index contributed by atoms with van der Waals surface area (Å²) in [5.74, 6) is -1.95. The molecule has 4 nitrogen and oxygen atoms in total. The van der Waals surface area contributed by atoms with E-state index in [-0.39, 0.29) is 17.9 Å². The van der Waals surface area contributed by atoms with E-state index in [0.29, 0.717) is 36.9 Å². The van der Waals surface area contributed by atoms with Crippen LogP contribution in [0, 0.1) is 23.2 Å². The van der Waals surface area contributed by atoms with Crippen molar-refractivity contribution in [2.24, 2.45) is 23.2 Å². The fourth-order valence-corrected chi connectivity index (χ4v) is 6.57. The van der Waals surface area contributed by atoms with Crippen LogP contribution >= 0.6 is 0 Å². The average Bonchev–Trinajstić information content (AvgIpc) is 3.09. The summed E-state index contributed by atoms with van der Waals surface area (Å²) in [6.45, 7) is 11.2. The fourth-order valence-electron chi connectivity index (χ4n) is 6.57. The number of ether oxygens (including phenoxy) is 1. The Bertz CT molecular complexity index is 797. The minimum Gasteiger partial charge on any atom is -0.393 e. The number of halogens is 2. The standard InChI is InChI=1S/C28H44F2O4/c1-18(17-34-14-13-28(29,30)26(3,4)33)23-10-11-24-20(7-6-12-27(23,24)5)8-9-21-15-22(31)16-25(32)19(21)2/h8-9,18,22-25,31-33H,2,6-7,10-17H2,1,3-5H3/b20-8+,21-9-/t18-,22+,23?,24?,25-,27+/m0/s1. The maximum atomic E-state index is 14.0. The molecule has 3 fully saturated rings. The van der Waals surface area contributed by atoms with Gasteiger partial charge in [0.1, 0.15) is 5.60 Å². The first-order valence-electron chi connectivity index (χ1n) is 12.9. The van der Waals surface area contributed by atoms with Crippen molar-refractivity contribution in [2.75, 3.05) is 13.2 Å². The van der Waals surface area contributed by atoms with Crippen LogP contribution in [0.2, 0.25) is 0 Å². The Morgan fingerprint density at radius 2 is 1.94 bits per heavy atom. The van der Waals surface area contributed by atoms with Gasteiger partial charge in [0, 0.05) is 19.4 Å². The van der Waals surface area contributed by atoms with E-state index in [2.05, 4.69) is 32.6 Å². The quantitative estimate of drug-likeness (QED) is 0.395. The summed E-state index contributed by atoms with van der Waals surface area (Å²) in [6.07, 6.45) is 9.01. The molecule has 34 heavy (non-hydrogen) atoms. The highest BCUT2D eigenvalue weighted by molar-refractivity contribution is 5.38. The summed E-state index contributed by atoms with van der Waals surface area (Å²) in [4.78, 5) is 0. The van der Waals surface area contributed by atoms with Crippen molar-refractivity contribution in [1.29, 1.82) is 0 Å². The molecule has 6 atom stereocenters. The molecule has 3 saturated carbocycles. The van der Waals surface area contributed by atoms with E-state index < -0.39 is 30.2 Å². The fraction of sp³-hybridized carbons (Fsp3) is 0.786. The van der Waals surface area contributed by atoms with E-state index >= 15 is 0 Å². The second-order valence-corrected chi connectivity index (χ2v) is 11.7. The van der Waals surface area contributed by atoms with Gasteiger partial charge in [-0.05, 0) is 86.7 Å². The number of hydrogen-bond acceptors (Lipinski definition) is 4. The maximum absolute atomic E-state index is 14.0. The van der Waals surface area contributed by atoms with E-state index in [1.807, 2.05) is 0 Å². The summed E-state index contributed by atoms with van der Waals surface area (Å²) in [5, 5.41) is 29.8. The number of fused-ring (bicyclic) bond motifs is 1. The molecule has 0 aromatic rings. The molecule has 0 spiro atoms. The smallest absolute Gasteiger partial charge is 0.277 e. The summed E-state index contributed by atoms with van der Waals surface area (Å²) < 4.78 is 33.6. The lowest BCUT2D eigenvalue weighted by Crippen LogP contribution is -2.43. The Hall–Kier alpha value is -1.08. The van der Waals surface area contributed by atoms with Crippen LogP contribution < -0.4 is 0 Å². The Balaban J connectivity index is 1.62. The highest BCUT2D eigenvalue weighted by Gasteiger charge is 2.51. The number of allylic oxidation sites excluding steroid dienone is 3. The van der Waals surface area contributed by atoms with Crippen LogP contribution in [-0.2, 0) is 4.74 Å². The largest absolute Gasteiger partial charge is 0.393 e. The molecule has 3 aliphatic carbocycles. The summed E-state index contributed by atoms with van der Waals surface area (Å²) in [5.41, 5.74) is 1.19. The highest BCUT2D eigenvalue weighted by atomic mass is 19.3. The van der Waals surface area contributed by atoms with Gasteiger partial charge < -0.3 is 20.1 Å². The molecule has 0 aromatic heterocycles. The zero-order chi connectivity index (χ0) is 25.3. The van der Waals surface area contributed by atoms with Gasteiger partial charge in [0.15, 0.2) is 0 Å². The minimum absolute atomic E-state index is 0.0610. The molecule has 0 aliphatic heterocycles. The van der Waals surface area contributed by atoms with Crippen LogP contribution in [0.5, 0.6) is 0 Å². The zero-order valence-electron chi connectivity index (χ0n) is 21.3. The van der Waals surface area contributed by atoms with E-state index in [9.17, 15) is 24.1 Å². The first-order chi connectivity index (χ1) is 15.8. The molecule has 3 aliphatic rings. The molecule has 3 N–H and O–H groups in total. The lowest BCUT2D eigenvalue weighted by molar-refractivity contribution is -0.173. The number of hydrogen-bond donors (Lipinski definition) is 3. The molecular weight excluding hydrogens is 438 g/mol. The molecule has 6 heteroatoms. The third-order valence-electron chi connectivity index (χ3n) is 8.83. The van der Waals surface area contributed by atoms with Gasteiger partial charge in [-0.3, -0.25) is 0 Å². The molecule has 0 saturated heterocycles. The monoisotopic (exact) mass is 482 g/mol. The van der Waals surface area contributed by atoms with Crippen molar-refractivity contribution in [3.63, 3.8) is 0 Å². The number of rotatable bonds is 8. The topological polar surface area (TPSA) is 69.9 Å². The normalized spacial score (nSPS) is 36.2. The predicted octanol–water partition coefficient (Wildman–Crippen LogP) is 5.58. The van der Waals surface area contributed by atoms with Gasteiger partial charge in [-0.15, -0.1) is 0 Å². The highest BCUT2D eigenvalue weighted by Crippen LogP contribution is 2.59. The van der Waals surface area contributed by atoms with Gasteiger partial charge in [-0.25, -0.2) is 8.78 Å². The van der Waals surface area contributed by atoms with Gasteiger partial charge in [0.2, 0.25) is 0 Å². The van der Waals surface area contributed by atoms with Gasteiger partial charge in [-0.2, -0.15) is 0 Å². The van der Waals surface area contributed by atoms with Crippen LogP contribution in [0.4, 0.5) is 8.78 Å². The number of aliphatic hydroxyl groups excluding tert-OH is 2. The van der Waals surface area contributed by atoms with E-state index in [1.54, 1.807) is 0 Å². The Morgan fingerprint density at radius 3 is 2.62 bits per heavy atom. The van der Waals surface area contributed by atoms with Crippen LogP contribution in [-0.4, -0.2) is 52.3 Å². The Labute approximate surface area is 203 Å². The second-order valence-electron chi connectivity index (χ2n) is 11.7. The van der Waals surface area contributed by atoms with E-state index in [0.717, 1.165) is 51.5 Å². The molecule has 2 unspecified atom stereocenters. The summed E-state index contributed by atoms with van der Waals surface area (Å²) in [7, 11) is 0. The van der Waals surface area contributed by atoms with E-state index in [1.165, 1.54) is 5.57 Å². The summed E-state index contributed by atoms with van der Waals surface area (Å²) >= 11 is 0. The zero-order valence-corrected chi connectivity index (χ0v) is 21.3. The Morgan fingerprint density at radius 1 is 1.24 bits per heavy atom. The van der Waals surface area contributed by atoms with Crippen LogP contribution in [0.1, 0.15) is 79.1 Å². The average molecular weight is 483 g/mol. The van der Waals surface area contributed by atoms with Gasteiger partial charge in [0.05, 0.1) is 18.8 Å². The third-order valence-corrected chi connectivity index (χ3v) is 8.83. The number of alkyl halides is 2. The van der Waals surface area contributed by atoms with Crippen molar-refractivity contribution in [3.8, 4) is 0 Å². The van der Waals surface area contributed by atoms with E-state index in [4.69, 9.17) is 4.74 Å². The molecule has 3 rings (SSSR count). The second kappa shape index (κ2) is 10.5. The molecule has 194 valence electrons. The molecular formula is C28H44F2O4. The molecule has 0 heterocycles. The maximum Gasteiger partial charge on any atom is 0.277 e. The molecule has 0 radical (unpaired) electrons. The Kier molecular flexibility index (Phi) is 8.49.